The van der Waals surface area contributed by atoms with Crippen molar-refractivity contribution in [1.29, 1.82) is 0 Å². The van der Waals surface area contributed by atoms with Crippen molar-refractivity contribution in [2.45, 2.75) is 20.3 Å². The Morgan fingerprint density at radius 3 is 2.76 bits per heavy atom. The van der Waals surface area contributed by atoms with Gasteiger partial charge >= 0.3 is 0 Å². The molecule has 110 valence electrons. The zero-order valence-electron chi connectivity index (χ0n) is 12.8. The highest BCUT2D eigenvalue weighted by molar-refractivity contribution is 6.09. The quantitative estimate of drug-likeness (QED) is 0.913. The molecule has 4 nitrogen and oxygen atoms in total. The van der Waals surface area contributed by atoms with Crippen LogP contribution in [0.4, 0.5) is 11.4 Å². The first kappa shape index (κ1) is 15.0. The van der Waals surface area contributed by atoms with Gasteiger partial charge in [-0.1, -0.05) is 25.1 Å². The van der Waals surface area contributed by atoms with Crippen LogP contribution >= 0.6 is 0 Å². The highest BCUT2D eigenvalue weighted by Crippen LogP contribution is 2.22. The van der Waals surface area contributed by atoms with E-state index in [2.05, 4.69) is 17.2 Å². The molecule has 0 radical (unpaired) electrons. The molecule has 2 rings (SSSR count). The Bertz CT molecular complexity index is 625. The number of nitrogens with one attached hydrogen (secondary N) is 1. The minimum Gasteiger partial charge on any atom is -0.384 e. The largest absolute Gasteiger partial charge is 0.384 e. The fourth-order valence-electron chi connectivity index (χ4n) is 2.21. The van der Waals surface area contributed by atoms with Crippen molar-refractivity contribution in [2.75, 3.05) is 23.8 Å². The molecule has 4 heteroatoms. The monoisotopic (exact) mass is 283 g/mol. The van der Waals surface area contributed by atoms with Gasteiger partial charge in [0, 0.05) is 31.7 Å². The number of hydrogen-bond acceptors (Lipinski definition) is 3. The Hall–Kier alpha value is -2.36. The normalized spacial score (nSPS) is 10.2. The molecule has 1 aromatic heterocycles. The molecule has 1 heterocycles. The van der Waals surface area contributed by atoms with Crippen LogP contribution < -0.4 is 10.2 Å². The summed E-state index contributed by atoms with van der Waals surface area (Å²) in [6.07, 6.45) is 4.32. The molecule has 0 atom stereocenters. The van der Waals surface area contributed by atoms with Crippen molar-refractivity contribution in [3.8, 4) is 0 Å². The Kier molecular flexibility index (Phi) is 4.93. The number of carbonyl (C=O) groups is 1. The molecule has 0 saturated carbocycles. The van der Waals surface area contributed by atoms with Crippen LogP contribution in [0.3, 0.4) is 0 Å². The Labute approximate surface area is 125 Å². The third-order valence-electron chi connectivity index (χ3n) is 3.40. The Morgan fingerprint density at radius 1 is 1.29 bits per heavy atom. The third-order valence-corrected chi connectivity index (χ3v) is 3.40. The van der Waals surface area contributed by atoms with Crippen LogP contribution in [0.1, 0.15) is 29.3 Å². The summed E-state index contributed by atoms with van der Waals surface area (Å²) in [6.45, 7) is 4.92. The summed E-state index contributed by atoms with van der Waals surface area (Å²) in [5.74, 6) is -0.0593. The van der Waals surface area contributed by atoms with Gasteiger partial charge in [0.05, 0.1) is 11.3 Å². The average Bonchev–Trinajstić information content (AvgIpc) is 2.52. The summed E-state index contributed by atoms with van der Waals surface area (Å²) < 4.78 is 0. The first-order valence-corrected chi connectivity index (χ1v) is 7.16. The summed E-state index contributed by atoms with van der Waals surface area (Å²) >= 11 is 0. The van der Waals surface area contributed by atoms with E-state index in [4.69, 9.17) is 0 Å². The molecule has 0 saturated heterocycles. The van der Waals surface area contributed by atoms with Gasteiger partial charge in [0.15, 0.2) is 0 Å². The van der Waals surface area contributed by atoms with E-state index in [1.807, 2.05) is 37.3 Å². The van der Waals surface area contributed by atoms with Gasteiger partial charge in [-0.25, -0.2) is 0 Å². The summed E-state index contributed by atoms with van der Waals surface area (Å²) in [5, 5.41) is 3.28. The maximum Gasteiger partial charge on any atom is 0.261 e. The molecule has 2 aromatic rings. The number of para-hydroxylation sites is 1. The van der Waals surface area contributed by atoms with Crippen LogP contribution in [-0.4, -0.2) is 24.5 Å². The average molecular weight is 283 g/mol. The maximum atomic E-state index is 12.7. The standard InChI is InChI=1S/C17H21N3O/c1-4-10-19-15-9-11-18-12-14(15)17(21)20(3)16-8-6-5-7-13(16)2/h5-9,11-12H,4,10H2,1-3H3,(H,18,19). The number of anilines is 2. The number of nitrogens with zero attached hydrogens (tertiary/aromatic N) is 2. The number of benzene rings is 1. The molecule has 1 N–H and O–H groups in total. The highest BCUT2D eigenvalue weighted by Gasteiger charge is 2.18. The minimum atomic E-state index is -0.0593. The van der Waals surface area contributed by atoms with Gasteiger partial charge in [-0.15, -0.1) is 0 Å². The zero-order chi connectivity index (χ0) is 15.2. The predicted molar refractivity (Wildman–Crippen MR) is 86.9 cm³/mol. The molecular formula is C17H21N3O. The fourth-order valence-corrected chi connectivity index (χ4v) is 2.21. The third kappa shape index (κ3) is 3.40. The second-order valence-corrected chi connectivity index (χ2v) is 5.00. The van der Waals surface area contributed by atoms with Crippen molar-refractivity contribution in [2.24, 2.45) is 0 Å². The van der Waals surface area contributed by atoms with E-state index >= 15 is 0 Å². The SMILES string of the molecule is CCCNc1ccncc1C(=O)N(C)c1ccccc1C. The lowest BCUT2D eigenvalue weighted by Gasteiger charge is -2.21. The lowest BCUT2D eigenvalue weighted by molar-refractivity contribution is 0.0993. The van der Waals surface area contributed by atoms with Gasteiger partial charge in [-0.05, 0) is 31.0 Å². The topological polar surface area (TPSA) is 45.2 Å². The highest BCUT2D eigenvalue weighted by atomic mass is 16.2. The minimum absolute atomic E-state index is 0.0593. The van der Waals surface area contributed by atoms with Crippen LogP contribution in [0.5, 0.6) is 0 Å². The van der Waals surface area contributed by atoms with Crippen LogP contribution in [0.15, 0.2) is 42.7 Å². The fraction of sp³-hybridized carbons (Fsp3) is 0.294. The van der Waals surface area contributed by atoms with Crippen LogP contribution in [0.25, 0.3) is 0 Å². The molecule has 1 aromatic carbocycles. The van der Waals surface area contributed by atoms with Crippen molar-refractivity contribution < 1.29 is 4.79 Å². The number of amides is 1. The predicted octanol–water partition coefficient (Wildman–Crippen LogP) is 3.49. The molecule has 0 bridgehead atoms. The molecule has 0 aliphatic rings. The van der Waals surface area contributed by atoms with E-state index < -0.39 is 0 Å². The first-order valence-electron chi connectivity index (χ1n) is 7.16. The van der Waals surface area contributed by atoms with Crippen LogP contribution in [-0.2, 0) is 0 Å². The van der Waals surface area contributed by atoms with Gasteiger partial charge in [-0.3, -0.25) is 9.78 Å². The van der Waals surface area contributed by atoms with E-state index in [9.17, 15) is 4.79 Å². The molecule has 0 aliphatic heterocycles. The van der Waals surface area contributed by atoms with Crippen LogP contribution in [0, 0.1) is 6.92 Å². The Balaban J connectivity index is 2.30. The molecule has 0 aliphatic carbocycles. The van der Waals surface area contributed by atoms with Gasteiger partial charge in [0.25, 0.3) is 5.91 Å². The van der Waals surface area contributed by atoms with Crippen molar-refractivity contribution >= 4 is 17.3 Å². The lowest BCUT2D eigenvalue weighted by atomic mass is 10.1. The van der Waals surface area contributed by atoms with Gasteiger partial charge in [-0.2, -0.15) is 0 Å². The number of aryl methyl sites for hydroxylation is 1. The number of carbonyl (C=O) groups excluding carboxylic acids is 1. The van der Waals surface area contributed by atoms with E-state index in [1.54, 1.807) is 24.3 Å². The first-order chi connectivity index (χ1) is 10.1. The number of rotatable bonds is 5. The molecular weight excluding hydrogens is 262 g/mol. The van der Waals surface area contributed by atoms with E-state index in [-0.39, 0.29) is 5.91 Å². The van der Waals surface area contributed by atoms with Gasteiger partial charge in [0.2, 0.25) is 0 Å². The van der Waals surface area contributed by atoms with Crippen molar-refractivity contribution in [3.63, 3.8) is 0 Å². The molecule has 0 unspecified atom stereocenters. The van der Waals surface area contributed by atoms with Crippen molar-refractivity contribution in [1.82, 2.24) is 4.98 Å². The van der Waals surface area contributed by atoms with Crippen molar-refractivity contribution in [3.05, 3.63) is 53.9 Å². The van der Waals surface area contributed by atoms with E-state index in [0.29, 0.717) is 5.56 Å². The molecule has 21 heavy (non-hydrogen) atoms. The summed E-state index contributed by atoms with van der Waals surface area (Å²) in [5.41, 5.74) is 3.40. The van der Waals surface area contributed by atoms with E-state index in [1.165, 1.54) is 0 Å². The smallest absolute Gasteiger partial charge is 0.261 e. The second kappa shape index (κ2) is 6.88. The van der Waals surface area contributed by atoms with Crippen LogP contribution in [0.2, 0.25) is 0 Å². The molecule has 1 amide bonds. The number of aromatic nitrogens is 1. The Morgan fingerprint density at radius 2 is 2.05 bits per heavy atom. The van der Waals surface area contributed by atoms with E-state index in [0.717, 1.165) is 29.9 Å². The molecule has 0 spiro atoms. The zero-order valence-corrected chi connectivity index (χ0v) is 12.8. The second-order valence-electron chi connectivity index (χ2n) is 5.00. The van der Waals surface area contributed by atoms with Gasteiger partial charge < -0.3 is 10.2 Å². The lowest BCUT2D eigenvalue weighted by Crippen LogP contribution is -2.28. The summed E-state index contributed by atoms with van der Waals surface area (Å²) in [4.78, 5) is 18.5. The number of hydrogen-bond donors (Lipinski definition) is 1. The molecule has 0 fully saturated rings. The van der Waals surface area contributed by atoms with Gasteiger partial charge in [0.1, 0.15) is 0 Å². The summed E-state index contributed by atoms with van der Waals surface area (Å²) in [6, 6.07) is 9.69. The number of pyridine rings is 1. The summed E-state index contributed by atoms with van der Waals surface area (Å²) in [7, 11) is 1.79. The maximum absolute atomic E-state index is 12.7.